The van der Waals surface area contributed by atoms with Gasteiger partial charge in [0.1, 0.15) is 11.6 Å². The maximum atomic E-state index is 12.9. The lowest BCUT2D eigenvalue weighted by atomic mass is 9.99. The molecule has 0 saturated carbocycles. The Bertz CT molecular complexity index is 770. The van der Waals surface area contributed by atoms with Gasteiger partial charge in [-0.1, -0.05) is 44.2 Å². The number of carbonyl (C=O) groups is 4. The summed E-state index contributed by atoms with van der Waals surface area (Å²) in [4.78, 5) is 49.4. The topological polar surface area (TPSA) is 111 Å². The summed E-state index contributed by atoms with van der Waals surface area (Å²) in [6, 6.07) is 7.67. The van der Waals surface area contributed by atoms with Crippen molar-refractivity contribution < 1.29 is 28.7 Å². The van der Waals surface area contributed by atoms with Crippen LogP contribution in [-0.4, -0.2) is 48.5 Å². The third-order valence-corrected chi connectivity index (χ3v) is 4.49. The van der Waals surface area contributed by atoms with Crippen molar-refractivity contribution in [2.24, 2.45) is 5.92 Å². The zero-order valence-electron chi connectivity index (χ0n) is 19.9. The van der Waals surface area contributed by atoms with E-state index in [0.717, 1.165) is 5.56 Å². The van der Waals surface area contributed by atoms with E-state index in [1.165, 1.54) is 7.11 Å². The second-order valence-corrected chi connectivity index (χ2v) is 9.13. The van der Waals surface area contributed by atoms with Gasteiger partial charge in [0, 0.05) is 12.8 Å². The van der Waals surface area contributed by atoms with E-state index in [0.29, 0.717) is 6.42 Å². The van der Waals surface area contributed by atoms with Gasteiger partial charge in [-0.15, -0.1) is 0 Å². The van der Waals surface area contributed by atoms with Crippen LogP contribution in [0.3, 0.4) is 0 Å². The van der Waals surface area contributed by atoms with Gasteiger partial charge in [-0.05, 0) is 45.1 Å². The average Bonchev–Trinajstić information content (AvgIpc) is 2.69. The maximum Gasteiger partial charge on any atom is 0.408 e. The molecule has 2 atom stereocenters. The number of alkyl carbamates (subject to hydrolysis) is 1. The molecule has 0 heterocycles. The fourth-order valence-corrected chi connectivity index (χ4v) is 3.05. The van der Waals surface area contributed by atoms with Gasteiger partial charge in [-0.2, -0.15) is 0 Å². The molecule has 0 spiro atoms. The Kier molecular flexibility index (Phi) is 10.9. The van der Waals surface area contributed by atoms with E-state index in [1.54, 1.807) is 20.8 Å². The van der Waals surface area contributed by atoms with Crippen molar-refractivity contribution in [3.8, 4) is 0 Å². The highest BCUT2D eigenvalue weighted by atomic mass is 16.6. The van der Waals surface area contributed by atoms with Crippen LogP contribution in [0.5, 0.6) is 0 Å². The molecule has 178 valence electrons. The lowest BCUT2D eigenvalue weighted by Gasteiger charge is -2.23. The molecule has 0 radical (unpaired) electrons. The largest absolute Gasteiger partial charge is 0.467 e. The molecule has 0 fully saturated rings. The predicted octanol–water partition coefficient (Wildman–Crippen LogP) is 3.18. The van der Waals surface area contributed by atoms with E-state index in [2.05, 4.69) is 10.6 Å². The molecule has 1 rings (SSSR count). The van der Waals surface area contributed by atoms with Gasteiger partial charge in [0.2, 0.25) is 5.91 Å². The van der Waals surface area contributed by atoms with E-state index >= 15 is 0 Å². The highest BCUT2D eigenvalue weighted by molar-refractivity contribution is 5.91. The summed E-state index contributed by atoms with van der Waals surface area (Å²) in [6.07, 6.45) is -0.179. The van der Waals surface area contributed by atoms with Gasteiger partial charge in [0.25, 0.3) is 0 Å². The van der Waals surface area contributed by atoms with Gasteiger partial charge in [-0.3, -0.25) is 9.59 Å². The normalized spacial score (nSPS) is 13.1. The Morgan fingerprint density at radius 1 is 0.938 bits per heavy atom. The number of amides is 2. The monoisotopic (exact) mass is 448 g/mol. The van der Waals surface area contributed by atoms with Crippen LogP contribution in [0.15, 0.2) is 30.3 Å². The number of nitrogens with one attached hydrogen (secondary N) is 2. The van der Waals surface area contributed by atoms with Gasteiger partial charge >= 0.3 is 12.1 Å². The number of ketones is 1. The van der Waals surface area contributed by atoms with Gasteiger partial charge in [-0.25, -0.2) is 9.59 Å². The minimum atomic E-state index is -0.841. The third kappa shape index (κ3) is 10.9. The molecular formula is C24H36N2O6. The molecule has 1 aromatic rings. The number of methoxy groups -OCH3 is 1. The molecule has 2 N–H and O–H groups in total. The number of carbonyl (C=O) groups excluding carboxylic acids is 4. The molecule has 8 heteroatoms. The summed E-state index contributed by atoms with van der Waals surface area (Å²) in [7, 11) is 1.27. The number of esters is 1. The molecule has 0 aliphatic heterocycles. The first-order valence-electron chi connectivity index (χ1n) is 10.8. The van der Waals surface area contributed by atoms with E-state index in [-0.39, 0.29) is 31.0 Å². The number of hydrogen-bond acceptors (Lipinski definition) is 6. The molecular weight excluding hydrogens is 412 g/mol. The highest BCUT2D eigenvalue weighted by Crippen LogP contribution is 2.11. The van der Waals surface area contributed by atoms with Crippen LogP contribution < -0.4 is 10.6 Å². The number of hydrogen-bond donors (Lipinski definition) is 2. The molecule has 0 aliphatic carbocycles. The summed E-state index contributed by atoms with van der Waals surface area (Å²) in [5, 5.41) is 5.26. The van der Waals surface area contributed by atoms with Crippen LogP contribution in [0, 0.1) is 5.92 Å². The van der Waals surface area contributed by atoms with Crippen molar-refractivity contribution in [1.82, 2.24) is 10.6 Å². The van der Waals surface area contributed by atoms with Crippen molar-refractivity contribution in [2.75, 3.05) is 7.11 Å². The molecule has 0 aliphatic rings. The standard InChI is InChI=1S/C24H36N2O6/c1-16(2)14-19(22(29)31-6)25-21(28)13-12-20(27)18(15-17-10-8-7-9-11-17)26-23(30)32-24(3,4)5/h7-11,16,18-19H,12-15H2,1-6H3,(H,25,28)(H,26,30)/t18-,19-/m0/s1. The first-order valence-corrected chi connectivity index (χ1v) is 10.8. The third-order valence-electron chi connectivity index (χ3n) is 4.49. The van der Waals surface area contributed by atoms with Crippen molar-refractivity contribution in [1.29, 1.82) is 0 Å². The van der Waals surface area contributed by atoms with Crippen molar-refractivity contribution in [2.45, 2.75) is 78.0 Å². The second-order valence-electron chi connectivity index (χ2n) is 9.13. The Labute approximate surface area is 190 Å². The minimum absolute atomic E-state index is 0.0886. The summed E-state index contributed by atoms with van der Waals surface area (Å²) in [5.74, 6) is -1.07. The summed E-state index contributed by atoms with van der Waals surface area (Å²) < 4.78 is 10.0. The number of benzene rings is 1. The maximum absolute atomic E-state index is 12.9. The Morgan fingerprint density at radius 2 is 1.56 bits per heavy atom. The first-order chi connectivity index (χ1) is 14.9. The minimum Gasteiger partial charge on any atom is -0.467 e. The van der Waals surface area contributed by atoms with E-state index in [9.17, 15) is 19.2 Å². The SMILES string of the molecule is COC(=O)[C@H](CC(C)C)NC(=O)CCC(=O)[C@H](Cc1ccccc1)NC(=O)OC(C)(C)C. The van der Waals surface area contributed by atoms with Crippen LogP contribution in [0.4, 0.5) is 4.79 Å². The van der Waals surface area contributed by atoms with Crippen LogP contribution in [-0.2, 0) is 30.3 Å². The number of ether oxygens (including phenoxy) is 2. The van der Waals surface area contributed by atoms with Gasteiger partial charge in [0.15, 0.2) is 5.78 Å². The van der Waals surface area contributed by atoms with Gasteiger partial charge in [0.05, 0.1) is 13.2 Å². The fraction of sp³-hybridized carbons (Fsp3) is 0.583. The zero-order valence-corrected chi connectivity index (χ0v) is 19.9. The quantitative estimate of drug-likeness (QED) is 0.503. The molecule has 0 aromatic heterocycles. The van der Waals surface area contributed by atoms with E-state index < -0.39 is 35.7 Å². The van der Waals surface area contributed by atoms with Crippen molar-refractivity contribution in [3.05, 3.63) is 35.9 Å². The zero-order chi connectivity index (χ0) is 24.3. The summed E-state index contributed by atoms with van der Waals surface area (Å²) >= 11 is 0. The number of Topliss-reactive ketones (excluding diaryl/α,β-unsaturated/α-hetero) is 1. The Morgan fingerprint density at radius 3 is 2.09 bits per heavy atom. The second kappa shape index (κ2) is 12.8. The molecule has 8 nitrogen and oxygen atoms in total. The highest BCUT2D eigenvalue weighted by Gasteiger charge is 2.26. The Hall–Kier alpha value is -2.90. The first kappa shape index (κ1) is 27.1. The molecule has 1 aromatic carbocycles. The van der Waals surface area contributed by atoms with E-state index in [1.807, 2.05) is 44.2 Å². The van der Waals surface area contributed by atoms with Crippen LogP contribution in [0.25, 0.3) is 0 Å². The van der Waals surface area contributed by atoms with Crippen LogP contribution in [0.2, 0.25) is 0 Å². The molecule has 32 heavy (non-hydrogen) atoms. The number of rotatable bonds is 11. The summed E-state index contributed by atoms with van der Waals surface area (Å²) in [5.41, 5.74) is 0.165. The Balaban J connectivity index is 2.78. The van der Waals surface area contributed by atoms with Gasteiger partial charge < -0.3 is 20.1 Å². The average molecular weight is 449 g/mol. The van der Waals surface area contributed by atoms with E-state index in [4.69, 9.17) is 9.47 Å². The molecule has 0 bridgehead atoms. The summed E-state index contributed by atoms with van der Waals surface area (Å²) in [6.45, 7) is 9.07. The van der Waals surface area contributed by atoms with Crippen molar-refractivity contribution in [3.63, 3.8) is 0 Å². The van der Waals surface area contributed by atoms with Crippen LogP contribution >= 0.6 is 0 Å². The van der Waals surface area contributed by atoms with Crippen LogP contribution in [0.1, 0.15) is 59.4 Å². The smallest absolute Gasteiger partial charge is 0.408 e. The van der Waals surface area contributed by atoms with Crippen molar-refractivity contribution >= 4 is 23.8 Å². The predicted molar refractivity (Wildman–Crippen MR) is 121 cm³/mol. The lowest BCUT2D eigenvalue weighted by molar-refractivity contribution is -0.145. The fourth-order valence-electron chi connectivity index (χ4n) is 3.05. The molecule has 0 saturated heterocycles. The molecule has 2 amide bonds. The molecule has 0 unspecified atom stereocenters. The lowest BCUT2D eigenvalue weighted by Crippen LogP contribution is -2.45.